The lowest BCUT2D eigenvalue weighted by molar-refractivity contribution is -0.138. The van der Waals surface area contributed by atoms with Crippen LogP contribution in [-0.2, 0) is 9.59 Å². The fourth-order valence-corrected chi connectivity index (χ4v) is 0.964. The van der Waals surface area contributed by atoms with E-state index in [9.17, 15) is 9.59 Å². The predicted octanol–water partition coefficient (Wildman–Crippen LogP) is 0.261. The van der Waals surface area contributed by atoms with Crippen molar-refractivity contribution in [2.75, 3.05) is 0 Å². The Kier molecular flexibility index (Phi) is 1.44. The predicted molar refractivity (Wildman–Crippen MR) is 34.0 cm³/mol. The summed E-state index contributed by atoms with van der Waals surface area (Å²) in [7, 11) is 0. The van der Waals surface area contributed by atoms with Crippen molar-refractivity contribution >= 4 is 11.9 Å². The fraction of sp³-hybridized carbons (Fsp3) is 0.286. The Hall–Kier alpha value is -1.34. The van der Waals surface area contributed by atoms with Crippen molar-refractivity contribution < 1.29 is 14.7 Å². The SMILES string of the molecule is C=CC1C(=C=O)C1C(=O)O. The lowest BCUT2D eigenvalue weighted by atomic mass is 10.3. The molecule has 2 unspecified atom stereocenters. The van der Waals surface area contributed by atoms with Crippen LogP contribution in [0.5, 0.6) is 0 Å². The Labute approximate surface area is 57.7 Å². The Morgan fingerprint density at radius 2 is 2.40 bits per heavy atom. The molecule has 2 atom stereocenters. The van der Waals surface area contributed by atoms with Crippen molar-refractivity contribution in [2.24, 2.45) is 11.8 Å². The van der Waals surface area contributed by atoms with E-state index in [2.05, 4.69) is 6.58 Å². The van der Waals surface area contributed by atoms with E-state index in [0.717, 1.165) is 0 Å². The Morgan fingerprint density at radius 3 is 2.50 bits per heavy atom. The molecule has 1 aliphatic carbocycles. The van der Waals surface area contributed by atoms with Crippen LogP contribution in [-0.4, -0.2) is 17.0 Å². The van der Waals surface area contributed by atoms with Gasteiger partial charge in [0.25, 0.3) is 0 Å². The Balaban J connectivity index is 2.79. The number of hydrogen-bond donors (Lipinski definition) is 1. The molecule has 0 heterocycles. The van der Waals surface area contributed by atoms with Crippen LogP contribution in [0.1, 0.15) is 0 Å². The topological polar surface area (TPSA) is 54.4 Å². The van der Waals surface area contributed by atoms with Crippen molar-refractivity contribution in [3.05, 3.63) is 18.2 Å². The van der Waals surface area contributed by atoms with Gasteiger partial charge in [0.05, 0.1) is 5.92 Å². The first-order valence-electron chi connectivity index (χ1n) is 2.82. The van der Waals surface area contributed by atoms with E-state index in [1.807, 2.05) is 0 Å². The highest BCUT2D eigenvalue weighted by Crippen LogP contribution is 2.44. The number of carbonyl (C=O) groups excluding carboxylic acids is 1. The van der Waals surface area contributed by atoms with Crippen LogP contribution in [0.25, 0.3) is 0 Å². The van der Waals surface area contributed by atoms with Gasteiger partial charge in [-0.2, -0.15) is 0 Å². The lowest BCUT2D eigenvalue weighted by Gasteiger charge is -1.79. The van der Waals surface area contributed by atoms with Crippen molar-refractivity contribution in [3.63, 3.8) is 0 Å². The normalized spacial score (nSPS) is 29.0. The summed E-state index contributed by atoms with van der Waals surface area (Å²) in [6.07, 6.45) is 1.46. The number of hydrogen-bond acceptors (Lipinski definition) is 2. The fourth-order valence-electron chi connectivity index (χ4n) is 0.964. The van der Waals surface area contributed by atoms with E-state index in [1.165, 1.54) is 6.08 Å². The van der Waals surface area contributed by atoms with Crippen LogP contribution in [0, 0.1) is 11.8 Å². The third-order valence-electron chi connectivity index (χ3n) is 1.58. The molecular weight excluding hydrogens is 132 g/mol. The standard InChI is InChI=1S/C7H6O3/c1-2-4-5(3-8)6(4)7(9)10/h2,4,6H,1H2,(H,9,10). The number of rotatable bonds is 2. The summed E-state index contributed by atoms with van der Waals surface area (Å²) in [6.45, 7) is 3.39. The first kappa shape index (κ1) is 6.78. The Bertz CT molecular complexity index is 235. The van der Waals surface area contributed by atoms with Crippen LogP contribution >= 0.6 is 0 Å². The number of aliphatic carboxylic acids is 1. The van der Waals surface area contributed by atoms with E-state index in [-0.39, 0.29) is 5.92 Å². The van der Waals surface area contributed by atoms with E-state index in [0.29, 0.717) is 5.57 Å². The molecule has 0 radical (unpaired) electrons. The van der Waals surface area contributed by atoms with Gasteiger partial charge in [-0.05, 0) is 0 Å². The molecule has 10 heavy (non-hydrogen) atoms. The van der Waals surface area contributed by atoms with Gasteiger partial charge in [0.2, 0.25) is 0 Å². The van der Waals surface area contributed by atoms with Crippen LogP contribution in [0.15, 0.2) is 18.2 Å². The third kappa shape index (κ3) is 0.769. The molecule has 0 saturated heterocycles. The zero-order valence-corrected chi connectivity index (χ0v) is 5.20. The number of carboxylic acids is 1. The molecule has 0 amide bonds. The molecule has 3 nitrogen and oxygen atoms in total. The molecule has 1 fully saturated rings. The van der Waals surface area contributed by atoms with Crippen molar-refractivity contribution in [2.45, 2.75) is 0 Å². The van der Waals surface area contributed by atoms with Gasteiger partial charge < -0.3 is 5.11 Å². The van der Waals surface area contributed by atoms with Gasteiger partial charge >= 0.3 is 5.97 Å². The van der Waals surface area contributed by atoms with Gasteiger partial charge in [-0.1, -0.05) is 6.08 Å². The molecule has 0 aromatic heterocycles. The minimum absolute atomic E-state index is 0.269. The van der Waals surface area contributed by atoms with Gasteiger partial charge in [0, 0.05) is 11.5 Å². The summed E-state index contributed by atoms with van der Waals surface area (Å²) in [5.74, 6) is -0.295. The minimum Gasteiger partial charge on any atom is -0.481 e. The van der Waals surface area contributed by atoms with E-state index in [4.69, 9.17) is 5.11 Å². The van der Waals surface area contributed by atoms with Crippen LogP contribution < -0.4 is 0 Å². The Morgan fingerprint density at radius 1 is 1.80 bits per heavy atom. The zero-order valence-electron chi connectivity index (χ0n) is 5.20. The number of allylic oxidation sites excluding steroid dienone is 1. The highest BCUT2D eigenvalue weighted by Gasteiger charge is 2.49. The summed E-state index contributed by atoms with van der Waals surface area (Å²) in [6, 6.07) is 0. The molecule has 52 valence electrons. The number of carbonyl (C=O) groups is 1. The maximum atomic E-state index is 10.3. The first-order chi connectivity index (χ1) is 4.72. The zero-order chi connectivity index (χ0) is 7.72. The van der Waals surface area contributed by atoms with Gasteiger partial charge in [-0.25, -0.2) is 4.79 Å². The summed E-state index contributed by atoms with van der Waals surface area (Å²) >= 11 is 0. The van der Waals surface area contributed by atoms with E-state index in [1.54, 1.807) is 5.94 Å². The molecule has 0 spiro atoms. The molecular formula is C7H6O3. The molecule has 0 aromatic rings. The second kappa shape index (κ2) is 2.12. The summed E-state index contributed by atoms with van der Waals surface area (Å²) in [5, 5.41) is 8.41. The monoisotopic (exact) mass is 138 g/mol. The van der Waals surface area contributed by atoms with Gasteiger partial charge in [0.1, 0.15) is 5.94 Å². The van der Waals surface area contributed by atoms with Crippen LogP contribution in [0.3, 0.4) is 0 Å². The highest BCUT2D eigenvalue weighted by atomic mass is 16.4. The second-order valence-electron chi connectivity index (χ2n) is 2.13. The average molecular weight is 138 g/mol. The summed E-state index contributed by atoms with van der Waals surface area (Å²) in [5.41, 5.74) is 0.308. The van der Waals surface area contributed by atoms with Crippen molar-refractivity contribution in [1.82, 2.24) is 0 Å². The lowest BCUT2D eigenvalue weighted by Crippen LogP contribution is -1.98. The first-order valence-corrected chi connectivity index (χ1v) is 2.82. The molecule has 1 aliphatic rings. The quantitative estimate of drug-likeness (QED) is 0.440. The van der Waals surface area contributed by atoms with Crippen LogP contribution in [0.2, 0.25) is 0 Å². The van der Waals surface area contributed by atoms with Gasteiger partial charge in [0.15, 0.2) is 0 Å². The highest BCUT2D eigenvalue weighted by molar-refractivity contribution is 5.86. The molecule has 1 rings (SSSR count). The van der Waals surface area contributed by atoms with Crippen molar-refractivity contribution in [1.29, 1.82) is 0 Å². The summed E-state index contributed by atoms with van der Waals surface area (Å²) < 4.78 is 0. The summed E-state index contributed by atoms with van der Waals surface area (Å²) in [4.78, 5) is 20.2. The van der Waals surface area contributed by atoms with Crippen molar-refractivity contribution in [3.8, 4) is 0 Å². The maximum absolute atomic E-state index is 10.3. The van der Waals surface area contributed by atoms with Crippen LogP contribution in [0.4, 0.5) is 0 Å². The molecule has 1 N–H and O–H groups in total. The number of carboxylic acid groups (broad SMARTS) is 1. The average Bonchev–Trinajstić information content (AvgIpc) is 2.60. The largest absolute Gasteiger partial charge is 0.481 e. The smallest absolute Gasteiger partial charge is 0.312 e. The molecule has 3 heteroatoms. The molecule has 1 saturated carbocycles. The third-order valence-corrected chi connectivity index (χ3v) is 1.58. The molecule has 0 aliphatic heterocycles. The molecule has 0 bridgehead atoms. The minimum atomic E-state index is -0.969. The van der Waals surface area contributed by atoms with Gasteiger partial charge in [-0.3, -0.25) is 4.79 Å². The second-order valence-corrected chi connectivity index (χ2v) is 2.13. The maximum Gasteiger partial charge on any atom is 0.312 e. The van der Waals surface area contributed by atoms with E-state index >= 15 is 0 Å². The molecule has 0 aromatic carbocycles. The van der Waals surface area contributed by atoms with Gasteiger partial charge in [-0.15, -0.1) is 6.58 Å². The van der Waals surface area contributed by atoms with E-state index < -0.39 is 11.9 Å².